The van der Waals surface area contributed by atoms with Crippen LogP contribution in [0.2, 0.25) is 0 Å². The summed E-state index contributed by atoms with van der Waals surface area (Å²) in [5.41, 5.74) is 0. The number of piperidine rings is 1. The number of Topliss-reactive ketones (excluding diaryl/α,β-unsaturated/α-hetero) is 1. The van der Waals surface area contributed by atoms with E-state index in [0.717, 1.165) is 25.7 Å². The molecule has 0 bridgehead atoms. The SMILES string of the molecule is CC(=O)CC1CCCN1S(=O)(=O)N1CCCC(C)C1. The fraction of sp³-hybridized carbons (Fsp3) is 0.923. The number of hydrogen-bond donors (Lipinski definition) is 0. The molecule has 2 heterocycles. The summed E-state index contributed by atoms with van der Waals surface area (Å²) < 4.78 is 28.5. The Bertz CT molecular complexity index is 435. The monoisotopic (exact) mass is 288 g/mol. The second kappa shape index (κ2) is 5.89. The van der Waals surface area contributed by atoms with Crippen LogP contribution in [0.5, 0.6) is 0 Å². The second-order valence-corrected chi connectivity index (χ2v) is 7.81. The maximum atomic E-state index is 12.7. The van der Waals surface area contributed by atoms with Crippen LogP contribution in [0.15, 0.2) is 0 Å². The summed E-state index contributed by atoms with van der Waals surface area (Å²) in [5, 5.41) is 0. The van der Waals surface area contributed by atoms with Crippen molar-refractivity contribution in [2.75, 3.05) is 19.6 Å². The molecule has 0 aromatic carbocycles. The molecule has 0 aromatic rings. The summed E-state index contributed by atoms with van der Waals surface area (Å²) in [6.07, 6.45) is 4.06. The molecule has 0 aliphatic carbocycles. The van der Waals surface area contributed by atoms with Crippen LogP contribution in [0.3, 0.4) is 0 Å². The van der Waals surface area contributed by atoms with Gasteiger partial charge < -0.3 is 0 Å². The highest BCUT2D eigenvalue weighted by molar-refractivity contribution is 7.86. The Morgan fingerprint density at radius 1 is 1.21 bits per heavy atom. The minimum atomic E-state index is -3.38. The maximum Gasteiger partial charge on any atom is 0.282 e. The number of nitrogens with zero attached hydrogens (tertiary/aromatic N) is 2. The largest absolute Gasteiger partial charge is 0.300 e. The van der Waals surface area contributed by atoms with E-state index in [9.17, 15) is 13.2 Å². The number of carbonyl (C=O) groups excluding carboxylic acids is 1. The van der Waals surface area contributed by atoms with E-state index in [1.54, 1.807) is 8.61 Å². The molecule has 2 aliphatic rings. The van der Waals surface area contributed by atoms with E-state index in [2.05, 4.69) is 6.92 Å². The summed E-state index contributed by atoms with van der Waals surface area (Å²) in [4.78, 5) is 11.3. The number of carbonyl (C=O) groups is 1. The highest BCUT2D eigenvalue weighted by atomic mass is 32.2. The lowest BCUT2D eigenvalue weighted by atomic mass is 10.0. The lowest BCUT2D eigenvalue weighted by Crippen LogP contribution is -2.49. The van der Waals surface area contributed by atoms with Crippen LogP contribution < -0.4 is 0 Å². The molecule has 0 aromatic heterocycles. The first-order valence-electron chi connectivity index (χ1n) is 7.17. The van der Waals surface area contributed by atoms with Gasteiger partial charge in [-0.1, -0.05) is 6.92 Å². The van der Waals surface area contributed by atoms with E-state index in [1.165, 1.54) is 6.92 Å². The molecule has 2 aliphatic heterocycles. The van der Waals surface area contributed by atoms with Crippen LogP contribution in [0.1, 0.15) is 46.0 Å². The first-order valence-corrected chi connectivity index (χ1v) is 8.57. The quantitative estimate of drug-likeness (QED) is 0.786. The minimum absolute atomic E-state index is 0.0686. The van der Waals surface area contributed by atoms with Crippen LogP contribution in [0, 0.1) is 5.92 Å². The molecule has 0 amide bonds. The number of hydrogen-bond acceptors (Lipinski definition) is 3. The molecule has 0 spiro atoms. The molecule has 2 unspecified atom stereocenters. The van der Waals surface area contributed by atoms with Crippen LogP contribution in [-0.4, -0.2) is 48.5 Å². The van der Waals surface area contributed by atoms with E-state index in [0.29, 0.717) is 32.0 Å². The van der Waals surface area contributed by atoms with Gasteiger partial charge in [0, 0.05) is 32.1 Å². The summed E-state index contributed by atoms with van der Waals surface area (Å²) in [7, 11) is -3.38. The van der Waals surface area contributed by atoms with Gasteiger partial charge in [0.1, 0.15) is 5.78 Å². The predicted molar refractivity (Wildman–Crippen MR) is 73.9 cm³/mol. The average Bonchev–Trinajstić information content (AvgIpc) is 2.77. The highest BCUT2D eigenvalue weighted by Crippen LogP contribution is 2.28. The van der Waals surface area contributed by atoms with Gasteiger partial charge in [0.15, 0.2) is 0 Å². The summed E-state index contributed by atoms with van der Waals surface area (Å²) in [6.45, 7) is 5.43. The molecule has 2 fully saturated rings. The summed E-state index contributed by atoms with van der Waals surface area (Å²) in [6, 6.07) is -0.125. The zero-order valence-electron chi connectivity index (χ0n) is 11.8. The Labute approximate surface area is 116 Å². The van der Waals surface area contributed by atoms with Crippen molar-refractivity contribution in [3.05, 3.63) is 0 Å². The zero-order valence-corrected chi connectivity index (χ0v) is 12.7. The molecule has 2 saturated heterocycles. The minimum Gasteiger partial charge on any atom is -0.300 e. The van der Waals surface area contributed by atoms with Crippen molar-refractivity contribution in [1.29, 1.82) is 0 Å². The zero-order chi connectivity index (χ0) is 14.0. The van der Waals surface area contributed by atoms with Crippen molar-refractivity contribution in [1.82, 2.24) is 8.61 Å². The van der Waals surface area contributed by atoms with Gasteiger partial charge >= 0.3 is 0 Å². The molecular weight excluding hydrogens is 264 g/mol. The molecular formula is C13H24N2O3S. The number of ketones is 1. The van der Waals surface area contributed by atoms with Gasteiger partial charge in [0.25, 0.3) is 10.2 Å². The molecule has 110 valence electrons. The van der Waals surface area contributed by atoms with Gasteiger partial charge in [-0.25, -0.2) is 0 Å². The molecule has 0 radical (unpaired) electrons. The molecule has 5 nitrogen and oxygen atoms in total. The van der Waals surface area contributed by atoms with Gasteiger partial charge in [-0.3, -0.25) is 4.79 Å². The molecule has 2 atom stereocenters. The van der Waals surface area contributed by atoms with Crippen molar-refractivity contribution in [3.8, 4) is 0 Å². The van der Waals surface area contributed by atoms with E-state index >= 15 is 0 Å². The van der Waals surface area contributed by atoms with Gasteiger partial charge in [-0.2, -0.15) is 17.0 Å². The van der Waals surface area contributed by atoms with Gasteiger partial charge in [0.2, 0.25) is 0 Å². The van der Waals surface area contributed by atoms with Crippen LogP contribution in [-0.2, 0) is 15.0 Å². The third-order valence-electron chi connectivity index (χ3n) is 4.09. The lowest BCUT2D eigenvalue weighted by Gasteiger charge is -2.35. The summed E-state index contributed by atoms with van der Waals surface area (Å²) in [5.74, 6) is 0.497. The Hall–Kier alpha value is -0.460. The first kappa shape index (κ1) is 14.9. The van der Waals surface area contributed by atoms with E-state index in [1.807, 2.05) is 0 Å². The van der Waals surface area contributed by atoms with Crippen molar-refractivity contribution in [3.63, 3.8) is 0 Å². The van der Waals surface area contributed by atoms with Gasteiger partial charge in [-0.05, 0) is 38.5 Å². The van der Waals surface area contributed by atoms with Gasteiger partial charge in [0.05, 0.1) is 0 Å². The van der Waals surface area contributed by atoms with E-state index in [4.69, 9.17) is 0 Å². The third kappa shape index (κ3) is 3.35. The van der Waals surface area contributed by atoms with E-state index < -0.39 is 10.2 Å². The standard InChI is InChI=1S/C13H24N2O3S/c1-11-5-3-7-14(10-11)19(17,18)15-8-4-6-13(15)9-12(2)16/h11,13H,3-10H2,1-2H3. The molecule has 0 saturated carbocycles. The topological polar surface area (TPSA) is 57.7 Å². The Morgan fingerprint density at radius 3 is 2.53 bits per heavy atom. The van der Waals surface area contributed by atoms with Crippen LogP contribution in [0.25, 0.3) is 0 Å². The van der Waals surface area contributed by atoms with Gasteiger partial charge in [-0.15, -0.1) is 0 Å². The Balaban J connectivity index is 2.11. The van der Waals surface area contributed by atoms with Crippen LogP contribution >= 0.6 is 0 Å². The van der Waals surface area contributed by atoms with E-state index in [-0.39, 0.29) is 11.8 Å². The van der Waals surface area contributed by atoms with Crippen molar-refractivity contribution < 1.29 is 13.2 Å². The maximum absolute atomic E-state index is 12.7. The molecule has 19 heavy (non-hydrogen) atoms. The second-order valence-electron chi connectivity index (χ2n) is 5.93. The van der Waals surface area contributed by atoms with Crippen molar-refractivity contribution in [2.24, 2.45) is 5.92 Å². The fourth-order valence-corrected chi connectivity index (χ4v) is 5.17. The molecule has 0 N–H and O–H groups in total. The number of rotatable bonds is 4. The predicted octanol–water partition coefficient (Wildman–Crippen LogP) is 1.41. The van der Waals surface area contributed by atoms with Crippen molar-refractivity contribution in [2.45, 2.75) is 52.0 Å². The molecule has 6 heteroatoms. The average molecular weight is 288 g/mol. The third-order valence-corrected chi connectivity index (χ3v) is 6.15. The lowest BCUT2D eigenvalue weighted by molar-refractivity contribution is -0.117. The van der Waals surface area contributed by atoms with Crippen LogP contribution in [0.4, 0.5) is 0 Å². The first-order chi connectivity index (χ1) is 8.91. The Kier molecular flexibility index (Phi) is 4.63. The highest BCUT2D eigenvalue weighted by Gasteiger charge is 2.39. The summed E-state index contributed by atoms with van der Waals surface area (Å²) >= 11 is 0. The smallest absolute Gasteiger partial charge is 0.282 e. The van der Waals surface area contributed by atoms with Crippen molar-refractivity contribution >= 4 is 16.0 Å². The fourth-order valence-electron chi connectivity index (χ4n) is 3.15. The Morgan fingerprint density at radius 2 is 1.89 bits per heavy atom. The molecule has 2 rings (SSSR count). The normalized spacial score (nSPS) is 30.6.